The largest absolute Gasteiger partial charge is 0.497 e. The summed E-state index contributed by atoms with van der Waals surface area (Å²) >= 11 is 1.66. The fourth-order valence-corrected chi connectivity index (χ4v) is 3.47. The van der Waals surface area contributed by atoms with Gasteiger partial charge in [0.15, 0.2) is 0 Å². The molecule has 1 aromatic heterocycles. The van der Waals surface area contributed by atoms with Crippen LogP contribution in [0.25, 0.3) is 0 Å². The van der Waals surface area contributed by atoms with Gasteiger partial charge in [0.1, 0.15) is 5.75 Å². The number of urea groups is 1. The molecule has 2 heterocycles. The fraction of sp³-hybridized carbons (Fsp3) is 0.389. The summed E-state index contributed by atoms with van der Waals surface area (Å²) < 4.78 is 10.9. The molecule has 0 radical (unpaired) electrons. The first-order chi connectivity index (χ1) is 11.7. The molecule has 0 spiro atoms. The molecule has 1 unspecified atom stereocenters. The van der Waals surface area contributed by atoms with Crippen molar-refractivity contribution in [2.45, 2.75) is 25.5 Å². The summed E-state index contributed by atoms with van der Waals surface area (Å²) in [4.78, 5) is 15.7. The molecule has 0 saturated carbocycles. The lowest BCUT2D eigenvalue weighted by Gasteiger charge is -2.25. The van der Waals surface area contributed by atoms with Crippen LogP contribution in [0.5, 0.6) is 5.75 Å². The molecular weight excluding hydrogens is 324 g/mol. The molecule has 24 heavy (non-hydrogen) atoms. The maximum absolute atomic E-state index is 12.7. The second kappa shape index (κ2) is 8.17. The molecule has 0 bridgehead atoms. The first kappa shape index (κ1) is 16.8. The van der Waals surface area contributed by atoms with E-state index in [4.69, 9.17) is 9.47 Å². The number of thiophene rings is 1. The minimum Gasteiger partial charge on any atom is -0.497 e. The van der Waals surface area contributed by atoms with E-state index in [9.17, 15) is 4.79 Å². The van der Waals surface area contributed by atoms with Crippen LogP contribution >= 0.6 is 11.3 Å². The Labute approximate surface area is 146 Å². The molecule has 1 aliphatic heterocycles. The predicted molar refractivity (Wildman–Crippen MR) is 95.7 cm³/mol. The second-order valence-corrected chi connectivity index (χ2v) is 6.79. The third-order valence-corrected chi connectivity index (χ3v) is 4.84. The Morgan fingerprint density at radius 2 is 2.33 bits per heavy atom. The van der Waals surface area contributed by atoms with Crippen LogP contribution in [0, 0.1) is 0 Å². The molecule has 6 heteroatoms. The number of hydrogen-bond donors (Lipinski definition) is 1. The SMILES string of the molecule is COc1cccc(NC(=O)N(Cc2cccs2)CC2CCCO2)c1. The van der Waals surface area contributed by atoms with Gasteiger partial charge in [0.2, 0.25) is 0 Å². The van der Waals surface area contributed by atoms with Gasteiger partial charge in [-0.05, 0) is 36.4 Å². The lowest BCUT2D eigenvalue weighted by atomic mass is 10.2. The summed E-state index contributed by atoms with van der Waals surface area (Å²) in [6.07, 6.45) is 2.20. The van der Waals surface area contributed by atoms with E-state index in [-0.39, 0.29) is 12.1 Å². The number of hydrogen-bond acceptors (Lipinski definition) is 4. The Morgan fingerprint density at radius 1 is 1.42 bits per heavy atom. The summed E-state index contributed by atoms with van der Waals surface area (Å²) in [5, 5.41) is 4.99. The summed E-state index contributed by atoms with van der Waals surface area (Å²) in [5.41, 5.74) is 0.725. The van der Waals surface area contributed by atoms with Crippen LogP contribution in [0.4, 0.5) is 10.5 Å². The summed E-state index contributed by atoms with van der Waals surface area (Å²) in [7, 11) is 1.61. The van der Waals surface area contributed by atoms with E-state index >= 15 is 0 Å². The normalized spacial score (nSPS) is 16.8. The zero-order valence-electron chi connectivity index (χ0n) is 13.7. The molecule has 1 aromatic carbocycles. The van der Waals surface area contributed by atoms with Crippen LogP contribution in [-0.4, -0.2) is 37.3 Å². The van der Waals surface area contributed by atoms with Crippen LogP contribution in [0.2, 0.25) is 0 Å². The van der Waals surface area contributed by atoms with Crippen molar-refractivity contribution in [3.63, 3.8) is 0 Å². The number of methoxy groups -OCH3 is 1. The van der Waals surface area contributed by atoms with Gasteiger partial charge in [-0.15, -0.1) is 11.3 Å². The van der Waals surface area contributed by atoms with E-state index in [0.717, 1.165) is 35.8 Å². The molecule has 128 valence electrons. The van der Waals surface area contributed by atoms with Crippen LogP contribution < -0.4 is 10.1 Å². The van der Waals surface area contributed by atoms with Crippen molar-refractivity contribution >= 4 is 23.1 Å². The fourth-order valence-electron chi connectivity index (χ4n) is 2.75. The highest BCUT2D eigenvalue weighted by Crippen LogP contribution is 2.20. The van der Waals surface area contributed by atoms with Crippen molar-refractivity contribution in [2.24, 2.45) is 0 Å². The van der Waals surface area contributed by atoms with Gasteiger partial charge in [-0.1, -0.05) is 12.1 Å². The highest BCUT2D eigenvalue weighted by Gasteiger charge is 2.23. The number of anilines is 1. The lowest BCUT2D eigenvalue weighted by Crippen LogP contribution is -2.39. The smallest absolute Gasteiger partial charge is 0.322 e. The molecule has 3 rings (SSSR count). The van der Waals surface area contributed by atoms with Gasteiger partial charge in [0.25, 0.3) is 0 Å². The van der Waals surface area contributed by atoms with Gasteiger partial charge in [-0.25, -0.2) is 4.79 Å². The van der Waals surface area contributed by atoms with Gasteiger partial charge in [-0.3, -0.25) is 0 Å². The zero-order valence-corrected chi connectivity index (χ0v) is 14.6. The van der Waals surface area contributed by atoms with Crippen molar-refractivity contribution in [3.05, 3.63) is 46.7 Å². The molecular formula is C18H22N2O3S. The average molecular weight is 346 g/mol. The number of amides is 2. The molecule has 1 fully saturated rings. The molecule has 0 aliphatic carbocycles. The minimum absolute atomic E-state index is 0.118. The first-order valence-corrected chi connectivity index (χ1v) is 8.96. The molecule has 2 aromatic rings. The Bertz CT molecular complexity index is 654. The summed E-state index contributed by atoms with van der Waals surface area (Å²) in [6.45, 7) is 1.98. The third kappa shape index (κ3) is 4.49. The van der Waals surface area contributed by atoms with Crippen molar-refractivity contribution in [1.82, 2.24) is 4.90 Å². The monoisotopic (exact) mass is 346 g/mol. The molecule has 1 atom stereocenters. The van der Waals surface area contributed by atoms with Crippen LogP contribution in [0.3, 0.4) is 0 Å². The second-order valence-electron chi connectivity index (χ2n) is 5.76. The molecule has 1 aliphatic rings. The number of rotatable bonds is 6. The Kier molecular flexibility index (Phi) is 5.72. The highest BCUT2D eigenvalue weighted by atomic mass is 32.1. The number of ether oxygens (including phenoxy) is 2. The van der Waals surface area contributed by atoms with Crippen molar-refractivity contribution < 1.29 is 14.3 Å². The Hall–Kier alpha value is -2.05. The van der Waals surface area contributed by atoms with Gasteiger partial charge in [0.05, 0.1) is 19.8 Å². The average Bonchev–Trinajstić information content (AvgIpc) is 3.28. The van der Waals surface area contributed by atoms with E-state index in [1.807, 2.05) is 46.7 Å². The maximum atomic E-state index is 12.7. The van der Waals surface area contributed by atoms with E-state index in [2.05, 4.69) is 5.32 Å². The molecule has 2 amide bonds. The van der Waals surface area contributed by atoms with E-state index in [1.54, 1.807) is 18.4 Å². The topological polar surface area (TPSA) is 50.8 Å². The van der Waals surface area contributed by atoms with Crippen LogP contribution in [0.15, 0.2) is 41.8 Å². The Morgan fingerprint density at radius 3 is 3.04 bits per heavy atom. The number of nitrogens with one attached hydrogen (secondary N) is 1. The first-order valence-electron chi connectivity index (χ1n) is 8.08. The number of carbonyl (C=O) groups is 1. The van der Waals surface area contributed by atoms with Crippen molar-refractivity contribution in [3.8, 4) is 5.75 Å². The summed E-state index contributed by atoms with van der Waals surface area (Å²) in [5.74, 6) is 0.719. The summed E-state index contributed by atoms with van der Waals surface area (Å²) in [6, 6.07) is 11.3. The molecule has 5 nitrogen and oxygen atoms in total. The highest BCUT2D eigenvalue weighted by molar-refractivity contribution is 7.09. The van der Waals surface area contributed by atoms with Crippen molar-refractivity contribution in [1.29, 1.82) is 0 Å². The van der Waals surface area contributed by atoms with Gasteiger partial charge in [0, 0.05) is 29.8 Å². The van der Waals surface area contributed by atoms with Gasteiger partial charge < -0.3 is 19.7 Å². The molecule has 1 saturated heterocycles. The predicted octanol–water partition coefficient (Wildman–Crippen LogP) is 3.97. The van der Waals surface area contributed by atoms with Gasteiger partial charge in [-0.2, -0.15) is 0 Å². The minimum atomic E-state index is -0.118. The van der Waals surface area contributed by atoms with Crippen LogP contribution in [-0.2, 0) is 11.3 Å². The maximum Gasteiger partial charge on any atom is 0.322 e. The number of benzene rings is 1. The quantitative estimate of drug-likeness (QED) is 0.861. The zero-order chi connectivity index (χ0) is 16.8. The lowest BCUT2D eigenvalue weighted by molar-refractivity contribution is 0.0821. The Balaban J connectivity index is 1.69. The van der Waals surface area contributed by atoms with Crippen LogP contribution in [0.1, 0.15) is 17.7 Å². The molecule has 1 N–H and O–H groups in total. The van der Waals surface area contributed by atoms with E-state index in [0.29, 0.717) is 13.1 Å². The van der Waals surface area contributed by atoms with E-state index < -0.39 is 0 Å². The third-order valence-electron chi connectivity index (χ3n) is 3.98. The van der Waals surface area contributed by atoms with E-state index in [1.165, 1.54) is 0 Å². The number of carbonyl (C=O) groups excluding carboxylic acids is 1. The standard InChI is InChI=1S/C18H22N2O3S/c1-22-15-6-2-5-14(11-15)19-18(21)20(12-16-7-3-9-23-16)13-17-8-4-10-24-17/h2,4-6,8,10-11,16H,3,7,9,12-13H2,1H3,(H,19,21). The van der Waals surface area contributed by atoms with Gasteiger partial charge >= 0.3 is 6.03 Å². The van der Waals surface area contributed by atoms with Crippen molar-refractivity contribution in [2.75, 3.05) is 25.6 Å². The number of nitrogens with zero attached hydrogens (tertiary/aromatic N) is 1.